The molecule has 1 N–H and O–H groups in total. The van der Waals surface area contributed by atoms with Gasteiger partial charge in [0, 0.05) is 50.0 Å². The van der Waals surface area contributed by atoms with Crippen molar-refractivity contribution in [2.45, 2.75) is 51.8 Å². The third kappa shape index (κ3) is 7.50. The molecule has 3 aromatic rings. The highest BCUT2D eigenvalue weighted by Gasteiger charge is 2.45. The van der Waals surface area contributed by atoms with Gasteiger partial charge in [0.05, 0.1) is 20.3 Å². The second-order valence-corrected chi connectivity index (χ2v) is 9.74. The van der Waals surface area contributed by atoms with Crippen molar-refractivity contribution < 1.29 is 42.9 Å². The highest BCUT2D eigenvalue weighted by molar-refractivity contribution is 5.90. The minimum Gasteiger partial charge on any atom is -0.497 e. The van der Waals surface area contributed by atoms with E-state index in [-0.39, 0.29) is 25.6 Å². The third-order valence-corrected chi connectivity index (χ3v) is 6.77. The molecule has 1 aromatic heterocycles. The van der Waals surface area contributed by atoms with Gasteiger partial charge in [-0.3, -0.25) is 19.2 Å². The molecular formula is C30H34N2O9. The van der Waals surface area contributed by atoms with Crippen molar-refractivity contribution in [2.75, 3.05) is 26.8 Å². The zero-order chi connectivity index (χ0) is 29.5. The number of hydrogen-bond donors (Lipinski definition) is 1. The minimum absolute atomic E-state index is 0.0880. The minimum atomic E-state index is -1.45. The second-order valence-electron chi connectivity index (χ2n) is 9.74. The number of rotatable bonds is 11. The maximum Gasteiger partial charge on any atom is 0.303 e. The first kappa shape index (κ1) is 29.8. The fourth-order valence-electron chi connectivity index (χ4n) is 4.78. The van der Waals surface area contributed by atoms with E-state index in [4.69, 9.17) is 23.7 Å². The summed E-state index contributed by atoms with van der Waals surface area (Å²) in [5.41, 5.74) is 2.54. The van der Waals surface area contributed by atoms with Gasteiger partial charge in [0.25, 0.3) is 0 Å². The van der Waals surface area contributed by atoms with E-state index in [1.165, 1.54) is 25.7 Å². The van der Waals surface area contributed by atoms with Crippen LogP contribution in [0.15, 0.2) is 54.7 Å². The SMILES string of the molecule is COc1ccc2[nH]cc(CCN(CC(=O)C(OC(C)=O)C3OC(c4ccccc4)OCC3OC(C)=O)C(C)=O)c2c1. The molecule has 0 spiro atoms. The number of aromatic nitrogens is 1. The van der Waals surface area contributed by atoms with Crippen LogP contribution >= 0.6 is 0 Å². The van der Waals surface area contributed by atoms with E-state index in [1.807, 2.05) is 30.5 Å². The number of Topliss-reactive ketones (excluding diaryl/α,β-unsaturated/α-hetero) is 1. The quantitative estimate of drug-likeness (QED) is 0.348. The molecule has 4 rings (SSSR count). The van der Waals surface area contributed by atoms with Crippen molar-refractivity contribution in [1.82, 2.24) is 9.88 Å². The number of fused-ring (bicyclic) bond motifs is 1. The Morgan fingerprint density at radius 3 is 2.46 bits per heavy atom. The summed E-state index contributed by atoms with van der Waals surface area (Å²) in [4.78, 5) is 54.8. The number of aromatic amines is 1. The number of carbonyl (C=O) groups is 4. The van der Waals surface area contributed by atoms with Crippen LogP contribution in [0.1, 0.15) is 38.2 Å². The van der Waals surface area contributed by atoms with E-state index < -0.39 is 42.3 Å². The summed E-state index contributed by atoms with van der Waals surface area (Å²) >= 11 is 0. The van der Waals surface area contributed by atoms with Gasteiger partial charge >= 0.3 is 11.9 Å². The highest BCUT2D eigenvalue weighted by Crippen LogP contribution is 2.31. The van der Waals surface area contributed by atoms with Gasteiger partial charge < -0.3 is 33.6 Å². The fraction of sp³-hybridized carbons (Fsp3) is 0.400. The monoisotopic (exact) mass is 566 g/mol. The molecule has 1 aliphatic rings. The summed E-state index contributed by atoms with van der Waals surface area (Å²) < 4.78 is 28.0. The Bertz CT molecular complexity index is 1390. The van der Waals surface area contributed by atoms with E-state index in [1.54, 1.807) is 31.4 Å². The Balaban J connectivity index is 1.54. The lowest BCUT2D eigenvalue weighted by Crippen LogP contribution is -2.55. The summed E-state index contributed by atoms with van der Waals surface area (Å²) in [5, 5.41) is 0.948. The van der Waals surface area contributed by atoms with Crippen molar-refractivity contribution in [2.24, 2.45) is 0 Å². The number of carbonyl (C=O) groups excluding carboxylic acids is 4. The van der Waals surface area contributed by atoms with E-state index in [2.05, 4.69) is 4.98 Å². The van der Waals surface area contributed by atoms with Crippen LogP contribution in [0, 0.1) is 0 Å². The summed E-state index contributed by atoms with van der Waals surface area (Å²) in [6.45, 7) is 3.55. The lowest BCUT2D eigenvalue weighted by molar-refractivity contribution is -0.278. The van der Waals surface area contributed by atoms with E-state index in [0.717, 1.165) is 16.5 Å². The molecule has 0 bridgehead atoms. The molecule has 41 heavy (non-hydrogen) atoms. The lowest BCUT2D eigenvalue weighted by atomic mass is 10.0. The number of ether oxygens (including phenoxy) is 5. The number of hydrogen-bond acceptors (Lipinski definition) is 9. The van der Waals surface area contributed by atoms with Gasteiger partial charge in [-0.15, -0.1) is 0 Å². The van der Waals surface area contributed by atoms with Gasteiger partial charge in [0.1, 0.15) is 11.9 Å². The molecule has 4 unspecified atom stereocenters. The van der Waals surface area contributed by atoms with Crippen molar-refractivity contribution in [3.05, 3.63) is 65.9 Å². The number of nitrogens with zero attached hydrogens (tertiary/aromatic N) is 1. The standard InChI is InChI=1S/C30H34N2O9/c1-18(33)32(13-12-22-15-31-25-11-10-23(37-4)14-24(22)25)16-26(36)28(40-20(3)35)29-27(39-19(2)34)17-38-30(41-29)21-8-6-5-7-9-21/h5-11,14-15,27-31H,12-13,16-17H2,1-4H3. The molecule has 1 saturated heterocycles. The average Bonchev–Trinajstić information content (AvgIpc) is 3.36. The Labute approximate surface area is 237 Å². The van der Waals surface area contributed by atoms with E-state index >= 15 is 0 Å². The number of benzene rings is 2. The first-order valence-corrected chi connectivity index (χ1v) is 13.2. The maximum absolute atomic E-state index is 13.7. The Kier molecular flexibility index (Phi) is 9.74. The van der Waals surface area contributed by atoms with Crippen molar-refractivity contribution >= 4 is 34.5 Å². The number of H-pyrrole nitrogens is 1. The van der Waals surface area contributed by atoms with Crippen LogP contribution in [-0.4, -0.2) is 78.6 Å². The third-order valence-electron chi connectivity index (χ3n) is 6.77. The molecule has 2 aromatic carbocycles. The van der Waals surface area contributed by atoms with E-state index in [9.17, 15) is 19.2 Å². The van der Waals surface area contributed by atoms with Crippen molar-refractivity contribution in [1.29, 1.82) is 0 Å². The molecule has 1 aliphatic heterocycles. The summed E-state index contributed by atoms with van der Waals surface area (Å²) in [5.74, 6) is -1.54. The van der Waals surface area contributed by atoms with Crippen LogP contribution in [0.3, 0.4) is 0 Å². The van der Waals surface area contributed by atoms with Gasteiger partial charge in [0.15, 0.2) is 24.3 Å². The topological polar surface area (TPSA) is 133 Å². The number of ketones is 1. The van der Waals surface area contributed by atoms with Gasteiger partial charge in [-0.05, 0) is 30.2 Å². The van der Waals surface area contributed by atoms with Crippen LogP contribution in [0.25, 0.3) is 10.9 Å². The molecule has 11 heteroatoms. The highest BCUT2D eigenvalue weighted by atomic mass is 16.7. The number of nitrogens with one attached hydrogen (secondary N) is 1. The zero-order valence-corrected chi connectivity index (χ0v) is 23.5. The average molecular weight is 567 g/mol. The maximum atomic E-state index is 13.7. The first-order valence-electron chi connectivity index (χ1n) is 13.2. The molecule has 2 heterocycles. The fourth-order valence-corrected chi connectivity index (χ4v) is 4.78. The largest absolute Gasteiger partial charge is 0.497 e. The van der Waals surface area contributed by atoms with Gasteiger partial charge in [0.2, 0.25) is 5.91 Å². The Hall–Kier alpha value is -4.22. The Morgan fingerprint density at radius 2 is 1.80 bits per heavy atom. The molecule has 0 saturated carbocycles. The van der Waals surface area contributed by atoms with Gasteiger partial charge in [-0.25, -0.2) is 0 Å². The molecule has 1 amide bonds. The van der Waals surface area contributed by atoms with Crippen LogP contribution in [0.2, 0.25) is 0 Å². The summed E-state index contributed by atoms with van der Waals surface area (Å²) in [6, 6.07) is 14.7. The predicted molar refractivity (Wildman–Crippen MR) is 147 cm³/mol. The Morgan fingerprint density at radius 1 is 1.05 bits per heavy atom. The smallest absolute Gasteiger partial charge is 0.303 e. The molecule has 4 atom stereocenters. The number of amides is 1. The van der Waals surface area contributed by atoms with Crippen molar-refractivity contribution in [3.8, 4) is 5.75 Å². The molecule has 11 nitrogen and oxygen atoms in total. The molecule has 0 radical (unpaired) electrons. The number of methoxy groups -OCH3 is 1. The summed E-state index contributed by atoms with van der Waals surface area (Å²) in [7, 11) is 1.59. The van der Waals surface area contributed by atoms with E-state index in [0.29, 0.717) is 17.7 Å². The molecule has 0 aliphatic carbocycles. The van der Waals surface area contributed by atoms with Gasteiger partial charge in [-0.1, -0.05) is 30.3 Å². The lowest BCUT2D eigenvalue weighted by Gasteiger charge is -2.39. The zero-order valence-electron chi connectivity index (χ0n) is 23.5. The number of esters is 2. The molecular weight excluding hydrogens is 532 g/mol. The van der Waals surface area contributed by atoms with Crippen LogP contribution in [0.4, 0.5) is 0 Å². The summed E-state index contributed by atoms with van der Waals surface area (Å²) in [6.07, 6.45) is -2.21. The van der Waals surface area contributed by atoms with Crippen LogP contribution in [-0.2, 0) is 44.5 Å². The predicted octanol–water partition coefficient (Wildman–Crippen LogP) is 3.11. The molecule has 218 valence electrons. The molecule has 1 fully saturated rings. The second kappa shape index (κ2) is 13.4. The van der Waals surface area contributed by atoms with Gasteiger partial charge in [-0.2, -0.15) is 0 Å². The van der Waals surface area contributed by atoms with Crippen LogP contribution < -0.4 is 4.74 Å². The first-order chi connectivity index (χ1) is 19.7. The normalized spacial score (nSPS) is 19.3. The van der Waals surface area contributed by atoms with Crippen LogP contribution in [0.5, 0.6) is 5.75 Å². The van der Waals surface area contributed by atoms with Crippen molar-refractivity contribution in [3.63, 3.8) is 0 Å².